The van der Waals surface area contributed by atoms with Crippen molar-refractivity contribution in [3.8, 4) is 0 Å². The lowest BCUT2D eigenvalue weighted by atomic mass is 9.88. The average molecular weight is 389 g/mol. The molecule has 148 valence electrons. The molecular weight excluding hydrogens is 356 g/mol. The standard InChI is InChI=1S/C22H32O4Si/c1-22(2,3)17-18(25-15-14-23)16-21(24)26-27(19-10-6-4-7-11-19)20-12-8-5-9-13-20/h4-13,18,21,23-24,27H,14-17H2,1-3H3/t18?,21-/m0/s1. The molecule has 2 aromatic rings. The SMILES string of the molecule is CC(C)(C)CC(C[C@@H](O)O[SiH](c1ccccc1)c1ccccc1)OCCO. The van der Waals surface area contributed by atoms with Gasteiger partial charge in [-0.3, -0.25) is 0 Å². The molecule has 0 fully saturated rings. The van der Waals surface area contributed by atoms with Gasteiger partial charge in [-0.2, -0.15) is 0 Å². The summed E-state index contributed by atoms with van der Waals surface area (Å²) >= 11 is 0. The lowest BCUT2D eigenvalue weighted by Crippen LogP contribution is -2.47. The molecule has 1 unspecified atom stereocenters. The van der Waals surface area contributed by atoms with Crippen molar-refractivity contribution in [1.29, 1.82) is 0 Å². The van der Waals surface area contributed by atoms with Gasteiger partial charge >= 0.3 is 0 Å². The van der Waals surface area contributed by atoms with Crippen LogP contribution >= 0.6 is 0 Å². The Morgan fingerprint density at radius 2 is 1.44 bits per heavy atom. The summed E-state index contributed by atoms with van der Waals surface area (Å²) in [6, 6.07) is 20.2. The highest BCUT2D eigenvalue weighted by Crippen LogP contribution is 2.25. The molecule has 2 N–H and O–H groups in total. The number of hydrogen-bond acceptors (Lipinski definition) is 4. The highest BCUT2D eigenvalue weighted by atomic mass is 28.3. The highest BCUT2D eigenvalue weighted by Gasteiger charge is 2.26. The number of hydrogen-bond donors (Lipinski definition) is 2. The molecule has 0 saturated heterocycles. The van der Waals surface area contributed by atoms with Gasteiger partial charge in [0.25, 0.3) is 0 Å². The highest BCUT2D eigenvalue weighted by molar-refractivity contribution is 6.80. The molecule has 0 aliphatic heterocycles. The number of aliphatic hydroxyl groups is 2. The van der Waals surface area contributed by atoms with E-state index in [0.29, 0.717) is 6.42 Å². The normalized spacial score (nSPS) is 14.3. The summed E-state index contributed by atoms with van der Waals surface area (Å²) in [7, 11) is -2.00. The molecule has 27 heavy (non-hydrogen) atoms. The van der Waals surface area contributed by atoms with E-state index < -0.39 is 15.3 Å². The van der Waals surface area contributed by atoms with Gasteiger partial charge in [0, 0.05) is 6.42 Å². The minimum Gasteiger partial charge on any atom is -0.394 e. The van der Waals surface area contributed by atoms with Crippen molar-refractivity contribution >= 4 is 19.4 Å². The van der Waals surface area contributed by atoms with Crippen molar-refractivity contribution in [1.82, 2.24) is 0 Å². The van der Waals surface area contributed by atoms with Crippen molar-refractivity contribution in [3.05, 3.63) is 60.7 Å². The molecule has 0 amide bonds. The van der Waals surface area contributed by atoms with Crippen LogP contribution in [0, 0.1) is 5.41 Å². The Morgan fingerprint density at radius 1 is 0.926 bits per heavy atom. The van der Waals surface area contributed by atoms with Gasteiger partial charge in [-0.05, 0) is 22.2 Å². The first-order valence-corrected chi connectivity index (χ1v) is 11.2. The monoisotopic (exact) mass is 388 g/mol. The third-order valence-electron chi connectivity index (χ3n) is 4.25. The van der Waals surface area contributed by atoms with Crippen LogP contribution < -0.4 is 10.4 Å². The Morgan fingerprint density at radius 3 is 1.89 bits per heavy atom. The van der Waals surface area contributed by atoms with Crippen molar-refractivity contribution in [2.24, 2.45) is 5.41 Å². The molecule has 5 heteroatoms. The van der Waals surface area contributed by atoms with Gasteiger partial charge in [0.15, 0.2) is 0 Å². The number of aliphatic hydroxyl groups excluding tert-OH is 2. The molecule has 0 bridgehead atoms. The van der Waals surface area contributed by atoms with Gasteiger partial charge in [0.2, 0.25) is 9.04 Å². The summed E-state index contributed by atoms with van der Waals surface area (Å²) in [6.07, 6.45) is 0.109. The predicted molar refractivity (Wildman–Crippen MR) is 112 cm³/mol. The summed E-state index contributed by atoms with van der Waals surface area (Å²) in [4.78, 5) is 0. The van der Waals surface area contributed by atoms with Crippen LogP contribution in [0.5, 0.6) is 0 Å². The summed E-state index contributed by atoms with van der Waals surface area (Å²) < 4.78 is 12.0. The van der Waals surface area contributed by atoms with Crippen molar-refractivity contribution in [3.63, 3.8) is 0 Å². The molecule has 0 aliphatic rings. The van der Waals surface area contributed by atoms with E-state index in [4.69, 9.17) is 14.3 Å². The average Bonchev–Trinajstić information content (AvgIpc) is 2.64. The van der Waals surface area contributed by atoms with Gasteiger partial charge in [-0.15, -0.1) is 0 Å². The Hall–Kier alpha value is -1.50. The maximum Gasteiger partial charge on any atom is 0.243 e. The Bertz CT molecular complexity index is 603. The molecule has 0 radical (unpaired) electrons. The fraction of sp³-hybridized carbons (Fsp3) is 0.455. The first kappa shape index (κ1) is 21.8. The Balaban J connectivity index is 2.11. The molecule has 0 spiro atoms. The molecule has 0 aliphatic carbocycles. The van der Waals surface area contributed by atoms with E-state index >= 15 is 0 Å². The van der Waals surface area contributed by atoms with Gasteiger partial charge < -0.3 is 19.4 Å². The molecule has 4 nitrogen and oxygen atoms in total. The van der Waals surface area contributed by atoms with Gasteiger partial charge in [0.1, 0.15) is 6.29 Å². The predicted octanol–water partition coefficient (Wildman–Crippen LogP) is 2.06. The lowest BCUT2D eigenvalue weighted by Gasteiger charge is -2.29. The zero-order valence-electron chi connectivity index (χ0n) is 16.5. The first-order chi connectivity index (χ1) is 12.9. The topological polar surface area (TPSA) is 58.9 Å². The van der Waals surface area contributed by atoms with Crippen molar-refractivity contribution < 1.29 is 19.4 Å². The van der Waals surface area contributed by atoms with E-state index in [-0.39, 0.29) is 24.7 Å². The van der Waals surface area contributed by atoms with Crippen LogP contribution in [0.1, 0.15) is 33.6 Å². The van der Waals surface area contributed by atoms with E-state index in [1.165, 1.54) is 0 Å². The molecular formula is C22H32O4Si. The lowest BCUT2D eigenvalue weighted by molar-refractivity contribution is -0.0802. The van der Waals surface area contributed by atoms with E-state index in [1.807, 2.05) is 36.4 Å². The van der Waals surface area contributed by atoms with E-state index in [1.54, 1.807) is 0 Å². The molecule has 0 saturated carbocycles. The quantitative estimate of drug-likeness (QED) is 0.483. The van der Waals surface area contributed by atoms with Crippen LogP contribution in [0.3, 0.4) is 0 Å². The van der Waals surface area contributed by atoms with Crippen LogP contribution in [0.4, 0.5) is 0 Å². The van der Waals surface area contributed by atoms with Gasteiger partial charge in [0.05, 0.1) is 19.3 Å². The van der Waals surface area contributed by atoms with Crippen LogP contribution in [0.25, 0.3) is 0 Å². The molecule has 0 aromatic heterocycles. The maximum absolute atomic E-state index is 10.7. The van der Waals surface area contributed by atoms with E-state index in [9.17, 15) is 5.11 Å². The number of ether oxygens (including phenoxy) is 1. The largest absolute Gasteiger partial charge is 0.394 e. The second-order valence-corrected chi connectivity index (χ2v) is 10.4. The second kappa shape index (κ2) is 10.7. The number of rotatable bonds is 10. The molecule has 2 atom stereocenters. The van der Waals surface area contributed by atoms with E-state index in [2.05, 4.69) is 45.0 Å². The fourth-order valence-corrected chi connectivity index (χ4v) is 5.42. The van der Waals surface area contributed by atoms with Crippen molar-refractivity contribution in [2.75, 3.05) is 13.2 Å². The zero-order chi connectivity index (χ0) is 19.7. The fourth-order valence-electron chi connectivity index (χ4n) is 3.16. The molecule has 2 aromatic carbocycles. The van der Waals surface area contributed by atoms with Gasteiger partial charge in [-0.25, -0.2) is 0 Å². The second-order valence-electron chi connectivity index (χ2n) is 8.01. The summed E-state index contributed by atoms with van der Waals surface area (Å²) in [5.41, 5.74) is 0.0650. The minimum absolute atomic E-state index is 0.0248. The third kappa shape index (κ3) is 7.95. The zero-order valence-corrected chi connectivity index (χ0v) is 17.7. The summed E-state index contributed by atoms with van der Waals surface area (Å²) in [5.74, 6) is 0. The van der Waals surface area contributed by atoms with Gasteiger partial charge in [-0.1, -0.05) is 81.4 Å². The van der Waals surface area contributed by atoms with Crippen LogP contribution in [-0.4, -0.2) is 44.9 Å². The Kier molecular flexibility index (Phi) is 8.66. The maximum atomic E-state index is 10.7. The minimum atomic E-state index is -2.00. The van der Waals surface area contributed by atoms with Crippen LogP contribution in [0.2, 0.25) is 0 Å². The Labute approximate surface area is 164 Å². The molecule has 0 heterocycles. The summed E-state index contributed by atoms with van der Waals surface area (Å²) in [6.45, 7) is 6.66. The summed E-state index contributed by atoms with van der Waals surface area (Å²) in [5, 5.41) is 22.0. The van der Waals surface area contributed by atoms with Crippen LogP contribution in [0.15, 0.2) is 60.7 Å². The van der Waals surface area contributed by atoms with Crippen LogP contribution in [-0.2, 0) is 9.16 Å². The number of benzene rings is 2. The smallest absolute Gasteiger partial charge is 0.243 e. The molecule has 2 rings (SSSR count). The van der Waals surface area contributed by atoms with E-state index in [0.717, 1.165) is 16.8 Å². The van der Waals surface area contributed by atoms with Crippen molar-refractivity contribution in [2.45, 2.75) is 46.0 Å². The third-order valence-corrected chi connectivity index (χ3v) is 6.81. The first-order valence-electron chi connectivity index (χ1n) is 9.55.